The van der Waals surface area contributed by atoms with E-state index in [9.17, 15) is 9.59 Å². The number of rotatable bonds is 3. The van der Waals surface area contributed by atoms with Crippen molar-refractivity contribution in [2.75, 3.05) is 26.2 Å². The highest BCUT2D eigenvalue weighted by atomic mass is 16.2. The Kier molecular flexibility index (Phi) is 3.86. The number of amides is 1. The molecule has 7 nitrogen and oxygen atoms in total. The third-order valence-electron chi connectivity index (χ3n) is 4.04. The Morgan fingerprint density at radius 3 is 2.75 bits per heavy atom. The van der Waals surface area contributed by atoms with Crippen molar-refractivity contribution in [2.45, 2.75) is 38.8 Å². The number of carbonyl (C=O) groups excluding carboxylic acids is 1. The molecule has 0 saturated carbocycles. The molecule has 2 aliphatic heterocycles. The van der Waals surface area contributed by atoms with Crippen molar-refractivity contribution in [3.8, 4) is 0 Å². The quantitative estimate of drug-likeness (QED) is 0.786. The summed E-state index contributed by atoms with van der Waals surface area (Å²) in [6, 6.07) is 0. The van der Waals surface area contributed by atoms with Crippen LogP contribution in [0.4, 0.5) is 0 Å². The van der Waals surface area contributed by atoms with E-state index in [0.717, 1.165) is 57.8 Å². The van der Waals surface area contributed by atoms with Gasteiger partial charge in [-0.2, -0.15) is 5.10 Å². The highest BCUT2D eigenvalue weighted by Gasteiger charge is 2.19. The van der Waals surface area contributed by atoms with E-state index < -0.39 is 0 Å². The number of nitrogens with zero attached hydrogens (tertiary/aromatic N) is 4. The molecular formula is C13H21N5O2. The molecule has 20 heavy (non-hydrogen) atoms. The molecule has 0 atom stereocenters. The van der Waals surface area contributed by atoms with Gasteiger partial charge in [-0.3, -0.25) is 9.36 Å². The number of piperazine rings is 1. The number of carbonyl (C=O) groups is 1. The molecule has 110 valence electrons. The SMILES string of the molecule is O=C(CCn1nc2n(c1=O)CCCC2)N1CCNCC1. The van der Waals surface area contributed by atoms with Gasteiger partial charge in [0.25, 0.3) is 0 Å². The first-order chi connectivity index (χ1) is 9.75. The number of aromatic nitrogens is 3. The zero-order chi connectivity index (χ0) is 13.9. The Bertz CT molecular complexity index is 541. The summed E-state index contributed by atoms with van der Waals surface area (Å²) < 4.78 is 3.21. The summed E-state index contributed by atoms with van der Waals surface area (Å²) >= 11 is 0. The Morgan fingerprint density at radius 2 is 2.00 bits per heavy atom. The minimum absolute atomic E-state index is 0.0622. The fraction of sp³-hybridized carbons (Fsp3) is 0.769. The Morgan fingerprint density at radius 1 is 1.20 bits per heavy atom. The van der Waals surface area contributed by atoms with Crippen molar-refractivity contribution in [1.29, 1.82) is 0 Å². The lowest BCUT2D eigenvalue weighted by molar-refractivity contribution is -0.132. The molecule has 2 aliphatic rings. The van der Waals surface area contributed by atoms with E-state index in [1.165, 1.54) is 4.68 Å². The zero-order valence-corrected chi connectivity index (χ0v) is 11.7. The van der Waals surface area contributed by atoms with Crippen LogP contribution >= 0.6 is 0 Å². The van der Waals surface area contributed by atoms with Crippen molar-refractivity contribution in [3.05, 3.63) is 16.3 Å². The molecule has 0 aliphatic carbocycles. The lowest BCUT2D eigenvalue weighted by atomic mass is 10.2. The normalized spacial score (nSPS) is 18.9. The van der Waals surface area contributed by atoms with Crippen LogP contribution in [0.2, 0.25) is 0 Å². The number of nitrogens with one attached hydrogen (secondary N) is 1. The van der Waals surface area contributed by atoms with Crippen molar-refractivity contribution in [3.63, 3.8) is 0 Å². The van der Waals surface area contributed by atoms with Crippen LogP contribution in [0.1, 0.15) is 25.1 Å². The molecule has 0 radical (unpaired) electrons. The smallest absolute Gasteiger partial charge is 0.340 e. The fourth-order valence-corrected chi connectivity index (χ4v) is 2.87. The Labute approximate surface area is 117 Å². The van der Waals surface area contributed by atoms with Crippen molar-refractivity contribution < 1.29 is 4.79 Å². The molecule has 1 saturated heterocycles. The Hall–Kier alpha value is -1.63. The Balaban J connectivity index is 1.62. The van der Waals surface area contributed by atoms with Crippen LogP contribution in [-0.2, 0) is 24.3 Å². The second kappa shape index (κ2) is 5.78. The van der Waals surface area contributed by atoms with E-state index in [0.29, 0.717) is 13.0 Å². The lowest BCUT2D eigenvalue weighted by Crippen LogP contribution is -2.46. The van der Waals surface area contributed by atoms with Crippen molar-refractivity contribution >= 4 is 5.91 Å². The zero-order valence-electron chi connectivity index (χ0n) is 11.7. The first-order valence-electron chi connectivity index (χ1n) is 7.41. The molecule has 0 spiro atoms. The largest absolute Gasteiger partial charge is 0.345 e. The average Bonchev–Trinajstić information content (AvgIpc) is 2.83. The summed E-state index contributed by atoms with van der Waals surface area (Å²) in [6.45, 7) is 4.37. The molecule has 1 aromatic heterocycles. The van der Waals surface area contributed by atoms with Gasteiger partial charge in [0.1, 0.15) is 5.82 Å². The second-order valence-electron chi connectivity index (χ2n) is 5.41. The van der Waals surface area contributed by atoms with Gasteiger partial charge in [-0.05, 0) is 12.8 Å². The van der Waals surface area contributed by atoms with Crippen LogP contribution in [-0.4, -0.2) is 51.3 Å². The van der Waals surface area contributed by atoms with E-state index in [2.05, 4.69) is 10.4 Å². The van der Waals surface area contributed by atoms with E-state index in [-0.39, 0.29) is 11.6 Å². The summed E-state index contributed by atoms with van der Waals surface area (Å²) in [5.41, 5.74) is -0.0622. The van der Waals surface area contributed by atoms with E-state index >= 15 is 0 Å². The standard InChI is InChI=1S/C13H21N5O2/c19-12(16-9-5-14-6-10-16)4-8-18-13(20)17-7-2-1-3-11(17)15-18/h14H,1-10H2. The molecule has 3 rings (SSSR count). The first kappa shape index (κ1) is 13.4. The number of hydrogen-bond donors (Lipinski definition) is 1. The van der Waals surface area contributed by atoms with Crippen molar-refractivity contribution in [2.24, 2.45) is 0 Å². The minimum atomic E-state index is -0.0622. The van der Waals surface area contributed by atoms with E-state index in [4.69, 9.17) is 0 Å². The molecule has 1 amide bonds. The molecule has 3 heterocycles. The maximum absolute atomic E-state index is 12.1. The molecule has 0 bridgehead atoms. The van der Waals surface area contributed by atoms with E-state index in [1.807, 2.05) is 4.90 Å². The monoisotopic (exact) mass is 279 g/mol. The molecule has 1 aromatic rings. The fourth-order valence-electron chi connectivity index (χ4n) is 2.87. The van der Waals surface area contributed by atoms with Crippen LogP contribution in [0.25, 0.3) is 0 Å². The number of aryl methyl sites for hydroxylation is 2. The topological polar surface area (TPSA) is 72.2 Å². The highest BCUT2D eigenvalue weighted by molar-refractivity contribution is 5.76. The van der Waals surface area contributed by atoms with Gasteiger partial charge in [0.2, 0.25) is 5.91 Å². The molecule has 0 aromatic carbocycles. The molecule has 0 unspecified atom stereocenters. The third kappa shape index (κ3) is 2.63. The highest BCUT2D eigenvalue weighted by Crippen LogP contribution is 2.09. The second-order valence-corrected chi connectivity index (χ2v) is 5.41. The predicted octanol–water partition coefficient (Wildman–Crippen LogP) is -0.797. The van der Waals surface area contributed by atoms with Gasteiger partial charge in [-0.25, -0.2) is 9.48 Å². The van der Waals surface area contributed by atoms with Crippen LogP contribution in [0.3, 0.4) is 0 Å². The molecule has 1 N–H and O–H groups in total. The summed E-state index contributed by atoms with van der Waals surface area (Å²) in [7, 11) is 0. The summed E-state index contributed by atoms with van der Waals surface area (Å²) in [6.07, 6.45) is 3.36. The van der Waals surface area contributed by atoms with Crippen molar-refractivity contribution in [1.82, 2.24) is 24.6 Å². The lowest BCUT2D eigenvalue weighted by Gasteiger charge is -2.27. The molecular weight excluding hydrogens is 258 g/mol. The molecule has 1 fully saturated rings. The number of fused-ring (bicyclic) bond motifs is 1. The van der Waals surface area contributed by atoms with Gasteiger partial charge in [0, 0.05) is 45.6 Å². The number of hydrogen-bond acceptors (Lipinski definition) is 4. The van der Waals surface area contributed by atoms with Gasteiger partial charge in [0.15, 0.2) is 0 Å². The van der Waals surface area contributed by atoms with Gasteiger partial charge in [0.05, 0.1) is 6.54 Å². The summed E-state index contributed by atoms with van der Waals surface area (Å²) in [5, 5.41) is 7.57. The maximum Gasteiger partial charge on any atom is 0.345 e. The average molecular weight is 279 g/mol. The van der Waals surface area contributed by atoms with E-state index in [1.54, 1.807) is 4.57 Å². The van der Waals surface area contributed by atoms with Gasteiger partial charge in [-0.15, -0.1) is 0 Å². The van der Waals surface area contributed by atoms with Gasteiger partial charge < -0.3 is 10.2 Å². The summed E-state index contributed by atoms with van der Waals surface area (Å²) in [4.78, 5) is 26.1. The van der Waals surface area contributed by atoms with Crippen LogP contribution < -0.4 is 11.0 Å². The summed E-state index contributed by atoms with van der Waals surface area (Å²) in [5.74, 6) is 0.986. The predicted molar refractivity (Wildman–Crippen MR) is 73.5 cm³/mol. The minimum Gasteiger partial charge on any atom is -0.340 e. The van der Waals surface area contributed by atoms with Gasteiger partial charge in [-0.1, -0.05) is 0 Å². The third-order valence-corrected chi connectivity index (χ3v) is 4.04. The first-order valence-corrected chi connectivity index (χ1v) is 7.41. The van der Waals surface area contributed by atoms with Crippen LogP contribution in [0, 0.1) is 0 Å². The van der Waals surface area contributed by atoms with Crippen LogP contribution in [0.5, 0.6) is 0 Å². The van der Waals surface area contributed by atoms with Crippen LogP contribution in [0.15, 0.2) is 4.79 Å². The maximum atomic E-state index is 12.1. The van der Waals surface area contributed by atoms with Gasteiger partial charge >= 0.3 is 5.69 Å². The molecule has 7 heteroatoms.